The van der Waals surface area contributed by atoms with Gasteiger partial charge in [0.15, 0.2) is 0 Å². The van der Waals surface area contributed by atoms with Gasteiger partial charge >= 0.3 is 0 Å². The van der Waals surface area contributed by atoms with Crippen LogP contribution in [0.15, 0.2) is 30.3 Å². The summed E-state index contributed by atoms with van der Waals surface area (Å²) in [6, 6.07) is 10.9. The quantitative estimate of drug-likeness (QED) is 0.644. The molecule has 0 nitrogen and oxygen atoms in total. The molecule has 0 spiro atoms. The molecule has 0 bridgehead atoms. The van der Waals surface area contributed by atoms with Gasteiger partial charge < -0.3 is 0 Å². The largest absolute Gasteiger partial charge is 0.0785 e. The molecule has 1 atom stereocenters. The lowest BCUT2D eigenvalue weighted by Crippen LogP contribution is -2.02. The van der Waals surface area contributed by atoms with Crippen LogP contribution in [0.3, 0.4) is 0 Å². The second-order valence-corrected chi connectivity index (χ2v) is 6.65. The van der Waals surface area contributed by atoms with E-state index in [0.29, 0.717) is 0 Å². The van der Waals surface area contributed by atoms with E-state index < -0.39 is 0 Å². The maximum Gasteiger partial charge on any atom is -0.0243 e. The van der Waals surface area contributed by atoms with Gasteiger partial charge in [-0.1, -0.05) is 58.5 Å². The highest BCUT2D eigenvalue weighted by molar-refractivity contribution is 7.64. The summed E-state index contributed by atoms with van der Waals surface area (Å²) in [4.78, 5) is 0. The molecule has 0 N–H and O–H groups in total. The van der Waals surface area contributed by atoms with Gasteiger partial charge in [0, 0.05) is 0 Å². The first-order chi connectivity index (χ1) is 6.70. The summed E-state index contributed by atoms with van der Waals surface area (Å²) in [5.41, 5.74) is 0. The fourth-order valence-electron chi connectivity index (χ4n) is 1.55. The molecular weight excluding hydrogens is 187 g/mol. The molecule has 0 aliphatic heterocycles. The maximum atomic E-state index is 2.39. The first kappa shape index (κ1) is 11.7. The zero-order valence-electron chi connectivity index (χ0n) is 9.53. The normalized spacial score (nSPS) is 13.1. The molecular formula is C13H21P. The zero-order chi connectivity index (χ0) is 10.4. The van der Waals surface area contributed by atoms with Crippen molar-refractivity contribution < 1.29 is 0 Å². The Bertz CT molecular complexity index is 241. The minimum atomic E-state index is 0.0937. The van der Waals surface area contributed by atoms with Gasteiger partial charge in [0.1, 0.15) is 0 Å². The fourth-order valence-corrected chi connectivity index (χ4v) is 3.14. The van der Waals surface area contributed by atoms with E-state index in [2.05, 4.69) is 50.8 Å². The first-order valence-electron chi connectivity index (χ1n) is 5.46. The van der Waals surface area contributed by atoms with Gasteiger partial charge in [-0.25, -0.2) is 0 Å². The average Bonchev–Trinajstić information content (AvgIpc) is 2.18. The van der Waals surface area contributed by atoms with Crippen LogP contribution in [0.1, 0.15) is 26.7 Å². The Morgan fingerprint density at radius 2 is 1.79 bits per heavy atom. The van der Waals surface area contributed by atoms with Crippen LogP contribution in [0.4, 0.5) is 0 Å². The third-order valence-electron chi connectivity index (χ3n) is 2.47. The van der Waals surface area contributed by atoms with E-state index in [0.717, 1.165) is 5.92 Å². The Labute approximate surface area is 89.5 Å². The summed E-state index contributed by atoms with van der Waals surface area (Å²) in [5.74, 6) is 0.856. The molecule has 0 aromatic heterocycles. The molecule has 1 unspecified atom stereocenters. The maximum absolute atomic E-state index is 2.39. The smallest absolute Gasteiger partial charge is 0.0243 e. The summed E-state index contributed by atoms with van der Waals surface area (Å²) in [7, 11) is 0.0937. The zero-order valence-corrected chi connectivity index (χ0v) is 10.4. The van der Waals surface area contributed by atoms with E-state index in [1.54, 1.807) is 5.30 Å². The lowest BCUT2D eigenvalue weighted by Gasteiger charge is -2.12. The number of hydrogen-bond acceptors (Lipinski definition) is 0. The Balaban J connectivity index is 2.32. The van der Waals surface area contributed by atoms with Crippen LogP contribution < -0.4 is 5.30 Å². The van der Waals surface area contributed by atoms with Crippen LogP contribution in [-0.4, -0.2) is 12.8 Å². The van der Waals surface area contributed by atoms with Crippen molar-refractivity contribution in [3.8, 4) is 0 Å². The Hall–Kier alpha value is -0.350. The van der Waals surface area contributed by atoms with Crippen LogP contribution >= 0.6 is 7.92 Å². The van der Waals surface area contributed by atoms with Gasteiger partial charge in [0.05, 0.1) is 0 Å². The van der Waals surface area contributed by atoms with E-state index in [9.17, 15) is 0 Å². The van der Waals surface area contributed by atoms with Gasteiger partial charge in [-0.2, -0.15) is 0 Å². The van der Waals surface area contributed by atoms with E-state index in [-0.39, 0.29) is 7.92 Å². The van der Waals surface area contributed by atoms with E-state index in [1.807, 2.05) is 0 Å². The van der Waals surface area contributed by atoms with Gasteiger partial charge in [-0.05, 0) is 30.5 Å². The van der Waals surface area contributed by atoms with Crippen LogP contribution in [0.25, 0.3) is 0 Å². The molecule has 1 rings (SSSR count). The lowest BCUT2D eigenvalue weighted by molar-refractivity contribution is 0.578. The molecule has 0 radical (unpaired) electrons. The van der Waals surface area contributed by atoms with Crippen LogP contribution in [-0.2, 0) is 0 Å². The molecule has 78 valence electrons. The summed E-state index contributed by atoms with van der Waals surface area (Å²) < 4.78 is 0. The van der Waals surface area contributed by atoms with Crippen LogP contribution in [0.5, 0.6) is 0 Å². The molecule has 1 heteroatoms. The van der Waals surface area contributed by atoms with Crippen molar-refractivity contribution in [1.82, 2.24) is 0 Å². The summed E-state index contributed by atoms with van der Waals surface area (Å²) in [6.07, 6.45) is 4.14. The van der Waals surface area contributed by atoms with Crippen LogP contribution in [0, 0.1) is 5.92 Å². The molecule has 1 aromatic rings. The van der Waals surface area contributed by atoms with Crippen molar-refractivity contribution in [2.75, 3.05) is 12.8 Å². The molecule has 0 aliphatic carbocycles. The van der Waals surface area contributed by atoms with E-state index in [1.165, 1.54) is 19.0 Å². The first-order valence-corrected chi connectivity index (χ1v) is 7.43. The highest BCUT2D eigenvalue weighted by Crippen LogP contribution is 2.30. The predicted octanol–water partition coefficient (Wildman–Crippen LogP) is 3.86. The molecule has 0 heterocycles. The molecule has 0 aliphatic rings. The minimum Gasteiger partial charge on any atom is -0.0785 e. The standard InChI is InChI=1S/C13H21P/c1-12(2)8-7-11-14(3)13-9-5-4-6-10-13/h4-6,9-10,12H,7-8,11H2,1-3H3. The second kappa shape index (κ2) is 6.19. The Morgan fingerprint density at radius 1 is 1.14 bits per heavy atom. The van der Waals surface area contributed by atoms with Gasteiger partial charge in [0.2, 0.25) is 0 Å². The van der Waals surface area contributed by atoms with Crippen molar-refractivity contribution >= 4 is 13.2 Å². The molecule has 0 saturated heterocycles. The molecule has 0 saturated carbocycles. The Morgan fingerprint density at radius 3 is 2.36 bits per heavy atom. The van der Waals surface area contributed by atoms with Crippen molar-refractivity contribution in [1.29, 1.82) is 0 Å². The highest BCUT2D eigenvalue weighted by Gasteiger charge is 2.03. The van der Waals surface area contributed by atoms with Crippen molar-refractivity contribution in [3.05, 3.63) is 30.3 Å². The number of benzene rings is 1. The van der Waals surface area contributed by atoms with E-state index in [4.69, 9.17) is 0 Å². The van der Waals surface area contributed by atoms with E-state index >= 15 is 0 Å². The summed E-state index contributed by atoms with van der Waals surface area (Å²) >= 11 is 0. The summed E-state index contributed by atoms with van der Waals surface area (Å²) in [6.45, 7) is 7.01. The third-order valence-corrected chi connectivity index (χ3v) is 4.64. The van der Waals surface area contributed by atoms with Crippen molar-refractivity contribution in [2.24, 2.45) is 5.92 Å². The summed E-state index contributed by atoms with van der Waals surface area (Å²) in [5, 5.41) is 1.55. The molecule has 1 aromatic carbocycles. The fraction of sp³-hybridized carbons (Fsp3) is 0.538. The van der Waals surface area contributed by atoms with Crippen molar-refractivity contribution in [3.63, 3.8) is 0 Å². The number of rotatable bonds is 5. The average molecular weight is 208 g/mol. The Kier molecular flexibility index (Phi) is 5.19. The highest BCUT2D eigenvalue weighted by atomic mass is 31.1. The minimum absolute atomic E-state index is 0.0937. The lowest BCUT2D eigenvalue weighted by atomic mass is 10.1. The second-order valence-electron chi connectivity index (χ2n) is 4.29. The molecule has 0 amide bonds. The van der Waals surface area contributed by atoms with Gasteiger partial charge in [0.25, 0.3) is 0 Å². The number of hydrogen-bond donors (Lipinski definition) is 0. The molecule has 0 fully saturated rings. The molecule has 14 heavy (non-hydrogen) atoms. The van der Waals surface area contributed by atoms with Gasteiger partial charge in [-0.3, -0.25) is 0 Å². The van der Waals surface area contributed by atoms with Crippen LogP contribution in [0.2, 0.25) is 0 Å². The van der Waals surface area contributed by atoms with Crippen molar-refractivity contribution in [2.45, 2.75) is 26.7 Å². The van der Waals surface area contributed by atoms with Gasteiger partial charge in [-0.15, -0.1) is 0 Å². The topological polar surface area (TPSA) is 0 Å². The third kappa shape index (κ3) is 4.24. The monoisotopic (exact) mass is 208 g/mol. The predicted molar refractivity (Wildman–Crippen MR) is 67.9 cm³/mol. The SMILES string of the molecule is CC(C)CCCP(C)c1ccccc1.